The highest BCUT2D eigenvalue weighted by Crippen LogP contribution is 2.33. The monoisotopic (exact) mass is 459 g/mol. The highest BCUT2D eigenvalue weighted by atomic mass is 16.5. The number of hydrogen-bond acceptors (Lipinski definition) is 5. The normalized spacial score (nSPS) is 19.0. The first-order valence-corrected chi connectivity index (χ1v) is 12.3. The van der Waals surface area contributed by atoms with Gasteiger partial charge in [-0.2, -0.15) is 0 Å². The van der Waals surface area contributed by atoms with Crippen molar-refractivity contribution in [3.05, 3.63) is 51.0 Å². The Kier molecular flexibility index (Phi) is 5.16. The Hall–Kier alpha value is -3.55. The van der Waals surface area contributed by atoms with E-state index in [1.807, 2.05) is 25.1 Å². The smallest absolute Gasteiger partial charge is 0.275 e. The van der Waals surface area contributed by atoms with E-state index in [0.29, 0.717) is 39.9 Å². The zero-order valence-corrected chi connectivity index (χ0v) is 19.4. The molecule has 8 heteroatoms. The molecule has 0 amide bonds. The topological polar surface area (TPSA) is 96.0 Å². The number of hydrogen-bond donors (Lipinski definition) is 2. The van der Waals surface area contributed by atoms with Gasteiger partial charge in [-0.1, -0.05) is 12.1 Å². The number of benzene rings is 2. The van der Waals surface area contributed by atoms with E-state index in [1.54, 1.807) is 10.7 Å². The van der Waals surface area contributed by atoms with Gasteiger partial charge in [0.1, 0.15) is 17.0 Å². The number of fused-ring (bicyclic) bond motifs is 3. The summed E-state index contributed by atoms with van der Waals surface area (Å²) < 4.78 is 7.94. The van der Waals surface area contributed by atoms with Crippen molar-refractivity contribution in [2.45, 2.75) is 51.5 Å². The molecule has 1 unspecified atom stereocenters. The molecule has 1 fully saturated rings. The second kappa shape index (κ2) is 8.34. The molecule has 4 aromatic rings. The minimum atomic E-state index is -0.282. The number of rotatable bonds is 1. The van der Waals surface area contributed by atoms with Crippen LogP contribution in [-0.2, 0) is 0 Å². The molecule has 2 aliphatic heterocycles. The van der Waals surface area contributed by atoms with E-state index >= 15 is 0 Å². The second-order valence-electron chi connectivity index (χ2n) is 9.51. The number of H-pyrrole nitrogens is 2. The number of nitrogens with zero attached hydrogens (tertiary/aromatic N) is 3. The first-order chi connectivity index (χ1) is 16.6. The molecular formula is C26H29N5O3. The van der Waals surface area contributed by atoms with Crippen molar-refractivity contribution in [3.8, 4) is 17.0 Å². The summed E-state index contributed by atoms with van der Waals surface area (Å²) in [6.45, 7) is 4.61. The molecule has 1 atom stereocenters. The fourth-order valence-electron chi connectivity index (χ4n) is 5.29. The molecule has 8 nitrogen and oxygen atoms in total. The quantitative estimate of drug-likeness (QED) is 0.441. The fourth-order valence-corrected chi connectivity index (χ4v) is 5.29. The number of anilines is 1. The lowest BCUT2D eigenvalue weighted by Crippen LogP contribution is -2.29. The third kappa shape index (κ3) is 3.48. The third-order valence-corrected chi connectivity index (χ3v) is 7.18. The summed E-state index contributed by atoms with van der Waals surface area (Å²) in [5, 5.41) is 3.84. The first kappa shape index (κ1) is 21.0. The average Bonchev–Trinajstić information content (AvgIpc) is 3.20. The van der Waals surface area contributed by atoms with Crippen LogP contribution in [0.1, 0.15) is 51.5 Å². The summed E-state index contributed by atoms with van der Waals surface area (Å²) in [6, 6.07) is 9.54. The van der Waals surface area contributed by atoms with Crippen LogP contribution in [0.25, 0.3) is 33.2 Å². The molecule has 4 heterocycles. The number of nitrogens with one attached hydrogen (secondary N) is 2. The van der Waals surface area contributed by atoms with E-state index in [0.717, 1.165) is 38.0 Å². The van der Waals surface area contributed by atoms with Gasteiger partial charge < -0.3 is 14.6 Å². The SMILES string of the molecule is CC1CCCCOc2cc(N3CCCCC3)cc3[nH]c(=O)c(nc23)-c2cccc3c(=O)n1[nH]c23. The maximum absolute atomic E-state index is 13.3. The molecular weight excluding hydrogens is 430 g/mol. The number of para-hydroxylation sites is 1. The van der Waals surface area contributed by atoms with Gasteiger partial charge in [-0.05, 0) is 57.6 Å². The number of ether oxygens (including phenoxy) is 1. The molecule has 0 radical (unpaired) electrons. The van der Waals surface area contributed by atoms with Crippen LogP contribution in [0, 0.1) is 0 Å². The third-order valence-electron chi connectivity index (χ3n) is 7.18. The van der Waals surface area contributed by atoms with E-state index < -0.39 is 0 Å². The van der Waals surface area contributed by atoms with Crippen LogP contribution in [0.4, 0.5) is 5.69 Å². The van der Waals surface area contributed by atoms with Gasteiger partial charge in [0.05, 0.1) is 29.1 Å². The fraction of sp³-hybridized carbons (Fsp3) is 0.423. The summed E-state index contributed by atoms with van der Waals surface area (Å²) in [4.78, 5) is 36.6. The van der Waals surface area contributed by atoms with E-state index in [2.05, 4.69) is 21.0 Å². The Morgan fingerprint density at radius 1 is 1.06 bits per heavy atom. The van der Waals surface area contributed by atoms with E-state index in [1.165, 1.54) is 19.3 Å². The van der Waals surface area contributed by atoms with E-state index in [9.17, 15) is 9.59 Å². The van der Waals surface area contributed by atoms with Crippen molar-refractivity contribution in [3.63, 3.8) is 0 Å². The molecule has 2 aliphatic rings. The van der Waals surface area contributed by atoms with Crippen molar-refractivity contribution in [1.29, 1.82) is 0 Å². The second-order valence-corrected chi connectivity index (χ2v) is 9.51. The van der Waals surface area contributed by atoms with E-state index in [4.69, 9.17) is 9.72 Å². The molecule has 34 heavy (non-hydrogen) atoms. The highest BCUT2D eigenvalue weighted by molar-refractivity contribution is 5.94. The first-order valence-electron chi connectivity index (χ1n) is 12.3. The molecule has 2 aromatic carbocycles. The molecule has 0 saturated carbocycles. The lowest BCUT2D eigenvalue weighted by Gasteiger charge is -2.29. The summed E-state index contributed by atoms with van der Waals surface area (Å²) in [5.41, 5.74) is 3.56. The molecule has 0 aliphatic carbocycles. The van der Waals surface area contributed by atoms with Gasteiger partial charge >= 0.3 is 0 Å². The van der Waals surface area contributed by atoms with E-state index in [-0.39, 0.29) is 22.9 Å². The predicted octanol–water partition coefficient (Wildman–Crippen LogP) is 4.35. The average molecular weight is 460 g/mol. The molecule has 2 N–H and O–H groups in total. The minimum absolute atomic E-state index is 0.0161. The van der Waals surface area contributed by atoms with Crippen LogP contribution < -0.4 is 20.8 Å². The van der Waals surface area contributed by atoms with Gasteiger partial charge in [0.25, 0.3) is 11.1 Å². The zero-order valence-electron chi connectivity index (χ0n) is 19.4. The van der Waals surface area contributed by atoms with Gasteiger partial charge in [-0.25, -0.2) is 9.67 Å². The summed E-state index contributed by atoms with van der Waals surface area (Å²) in [6.07, 6.45) is 6.26. The van der Waals surface area contributed by atoms with Crippen LogP contribution in [0.2, 0.25) is 0 Å². The number of piperidine rings is 1. The highest BCUT2D eigenvalue weighted by Gasteiger charge is 2.21. The van der Waals surface area contributed by atoms with Gasteiger partial charge in [-0.15, -0.1) is 0 Å². The Labute approximate surface area is 196 Å². The van der Waals surface area contributed by atoms with Crippen LogP contribution in [0.15, 0.2) is 39.9 Å². The van der Waals surface area contributed by atoms with Crippen molar-refractivity contribution in [2.24, 2.45) is 0 Å². The number of aromatic nitrogens is 4. The number of aromatic amines is 2. The van der Waals surface area contributed by atoms with Gasteiger partial charge in [0, 0.05) is 30.4 Å². The van der Waals surface area contributed by atoms with Gasteiger partial charge in [0.2, 0.25) is 0 Å². The zero-order chi connectivity index (χ0) is 23.2. The largest absolute Gasteiger partial charge is 0.491 e. The lowest BCUT2D eigenvalue weighted by atomic mass is 10.1. The van der Waals surface area contributed by atoms with Gasteiger partial charge in [0.15, 0.2) is 0 Å². The minimum Gasteiger partial charge on any atom is -0.491 e. The summed E-state index contributed by atoms with van der Waals surface area (Å²) in [7, 11) is 0. The van der Waals surface area contributed by atoms with Crippen LogP contribution in [0.3, 0.4) is 0 Å². The molecule has 6 rings (SSSR count). The lowest BCUT2D eigenvalue weighted by molar-refractivity contribution is 0.300. The maximum atomic E-state index is 13.3. The Balaban J connectivity index is 1.59. The standard InChI is InChI=1S/C26H29N5O3/c1-16-8-3-6-13-34-21-15-17(30-11-4-2-5-12-30)14-20-24(21)28-23(25(32)27-20)18-9-7-10-19-22(18)29-31(16)26(19)33/h7,9-10,14-16,29H,2-6,8,11-13H2,1H3,(H,27,32). The summed E-state index contributed by atoms with van der Waals surface area (Å²) >= 11 is 0. The van der Waals surface area contributed by atoms with Crippen LogP contribution in [-0.4, -0.2) is 39.4 Å². The van der Waals surface area contributed by atoms with Crippen molar-refractivity contribution in [2.75, 3.05) is 24.6 Å². The summed E-state index contributed by atoms with van der Waals surface area (Å²) in [5.74, 6) is 0.693. The Morgan fingerprint density at radius 3 is 2.76 bits per heavy atom. The molecule has 2 aromatic heterocycles. The van der Waals surface area contributed by atoms with Crippen LogP contribution >= 0.6 is 0 Å². The Morgan fingerprint density at radius 2 is 1.91 bits per heavy atom. The van der Waals surface area contributed by atoms with Crippen molar-refractivity contribution >= 4 is 27.6 Å². The van der Waals surface area contributed by atoms with Gasteiger partial charge in [-0.3, -0.25) is 14.7 Å². The molecule has 0 spiro atoms. The van der Waals surface area contributed by atoms with Crippen molar-refractivity contribution in [1.82, 2.24) is 19.7 Å². The van der Waals surface area contributed by atoms with Crippen LogP contribution in [0.5, 0.6) is 5.75 Å². The molecule has 176 valence electrons. The predicted molar refractivity (Wildman–Crippen MR) is 134 cm³/mol. The Bertz CT molecular complexity index is 1490. The van der Waals surface area contributed by atoms with Crippen molar-refractivity contribution < 1.29 is 4.74 Å². The molecule has 4 bridgehead atoms. The molecule has 1 saturated heterocycles. The maximum Gasteiger partial charge on any atom is 0.275 e.